The summed E-state index contributed by atoms with van der Waals surface area (Å²) in [4.78, 5) is 0.0574. The first kappa shape index (κ1) is 17.5. The van der Waals surface area contributed by atoms with E-state index in [0.29, 0.717) is 9.13 Å². The Bertz CT molecular complexity index is 832. The van der Waals surface area contributed by atoms with Gasteiger partial charge in [-0.2, -0.15) is 8.42 Å². The van der Waals surface area contributed by atoms with Crippen molar-refractivity contribution in [3.63, 3.8) is 0 Å². The summed E-state index contributed by atoms with van der Waals surface area (Å²) < 4.78 is 35.7. The first-order valence-corrected chi connectivity index (χ1v) is 8.92. The summed E-state index contributed by atoms with van der Waals surface area (Å²) in [7, 11) is -2.58. The van der Waals surface area contributed by atoms with Crippen LogP contribution in [0.4, 0.5) is 0 Å². The summed E-state index contributed by atoms with van der Waals surface area (Å²) >= 11 is 1.93. The Morgan fingerprint density at radius 1 is 1.22 bits per heavy atom. The van der Waals surface area contributed by atoms with Crippen molar-refractivity contribution in [2.45, 2.75) is 11.8 Å². The number of halogens is 1. The first-order chi connectivity index (χ1) is 10.9. The van der Waals surface area contributed by atoms with Crippen molar-refractivity contribution >= 4 is 38.9 Å². The van der Waals surface area contributed by atoms with Crippen molar-refractivity contribution in [1.29, 1.82) is 0 Å². The summed E-state index contributed by atoms with van der Waals surface area (Å²) in [6.07, 6.45) is 1.21. The Labute approximate surface area is 148 Å². The Balaban J connectivity index is 2.44. The van der Waals surface area contributed by atoms with Crippen LogP contribution in [0.5, 0.6) is 11.5 Å². The van der Waals surface area contributed by atoms with Gasteiger partial charge >= 0.3 is 10.1 Å². The summed E-state index contributed by atoms with van der Waals surface area (Å²) in [6.45, 7) is 1.87. The van der Waals surface area contributed by atoms with Crippen LogP contribution >= 0.6 is 22.6 Å². The van der Waals surface area contributed by atoms with Crippen LogP contribution in [0.1, 0.15) is 11.1 Å². The minimum absolute atomic E-state index is 0.0574. The lowest BCUT2D eigenvalue weighted by Crippen LogP contribution is -2.11. The van der Waals surface area contributed by atoms with E-state index >= 15 is 0 Å². The molecule has 0 unspecified atom stereocenters. The number of nitrogens with zero attached hydrogens (tertiary/aromatic N) is 1. The largest absolute Gasteiger partial charge is 0.493 e. The van der Waals surface area contributed by atoms with E-state index in [1.54, 1.807) is 18.2 Å². The van der Waals surface area contributed by atoms with E-state index in [1.165, 1.54) is 31.5 Å². The molecule has 0 saturated heterocycles. The predicted octanol–water partition coefficient (Wildman–Crippen LogP) is 3.18. The maximum absolute atomic E-state index is 12.4. The number of benzene rings is 2. The number of rotatable bonds is 5. The molecule has 2 aromatic rings. The van der Waals surface area contributed by atoms with Crippen molar-refractivity contribution in [3.8, 4) is 11.5 Å². The lowest BCUT2D eigenvalue weighted by Gasteiger charge is -2.13. The van der Waals surface area contributed by atoms with E-state index in [1.807, 2.05) is 29.5 Å². The van der Waals surface area contributed by atoms with E-state index in [4.69, 9.17) is 14.1 Å². The van der Waals surface area contributed by atoms with Crippen molar-refractivity contribution in [1.82, 2.24) is 0 Å². The van der Waals surface area contributed by atoms with Crippen LogP contribution in [0.25, 0.3) is 0 Å². The monoisotopic (exact) mass is 447 g/mol. The highest BCUT2D eigenvalue weighted by molar-refractivity contribution is 14.1. The molecule has 0 aliphatic rings. The smallest absolute Gasteiger partial charge is 0.339 e. The molecule has 2 aromatic carbocycles. The zero-order valence-electron chi connectivity index (χ0n) is 12.4. The molecule has 0 fully saturated rings. The molecule has 0 saturated carbocycles. The van der Waals surface area contributed by atoms with Crippen LogP contribution in [0.3, 0.4) is 0 Å². The molecule has 0 radical (unpaired) electrons. The van der Waals surface area contributed by atoms with Gasteiger partial charge in [0, 0.05) is 5.56 Å². The maximum Gasteiger partial charge on any atom is 0.339 e. The molecule has 6 nitrogen and oxygen atoms in total. The molecule has 8 heteroatoms. The van der Waals surface area contributed by atoms with Gasteiger partial charge in [-0.05, 0) is 53.8 Å². The number of hydrogen-bond acceptors (Lipinski definition) is 6. The second-order valence-electron chi connectivity index (χ2n) is 4.63. The number of ether oxygens (including phenoxy) is 1. The summed E-state index contributed by atoms with van der Waals surface area (Å²) in [5.41, 5.74) is 1.50. The second kappa shape index (κ2) is 7.18. The zero-order valence-corrected chi connectivity index (χ0v) is 15.3. The van der Waals surface area contributed by atoms with Crippen molar-refractivity contribution in [2.75, 3.05) is 7.11 Å². The lowest BCUT2D eigenvalue weighted by molar-refractivity contribution is 0.322. The molecule has 0 spiro atoms. The fourth-order valence-corrected chi connectivity index (χ4v) is 3.67. The van der Waals surface area contributed by atoms with Gasteiger partial charge in [0.15, 0.2) is 11.5 Å². The van der Waals surface area contributed by atoms with Gasteiger partial charge in [0.05, 0.1) is 16.9 Å². The van der Waals surface area contributed by atoms with E-state index in [-0.39, 0.29) is 16.4 Å². The molecule has 122 valence electrons. The van der Waals surface area contributed by atoms with Gasteiger partial charge in [0.1, 0.15) is 4.90 Å². The molecule has 0 aliphatic heterocycles. The van der Waals surface area contributed by atoms with Crippen molar-refractivity contribution in [2.24, 2.45) is 5.16 Å². The molecular weight excluding hydrogens is 433 g/mol. The molecular formula is C15H14INO5S. The van der Waals surface area contributed by atoms with Gasteiger partial charge in [-0.25, -0.2) is 0 Å². The molecule has 0 bridgehead atoms. The zero-order chi connectivity index (χ0) is 17.0. The predicted molar refractivity (Wildman–Crippen MR) is 94.1 cm³/mol. The van der Waals surface area contributed by atoms with E-state index < -0.39 is 10.1 Å². The summed E-state index contributed by atoms with van der Waals surface area (Å²) in [5, 5.41) is 11.5. The van der Waals surface area contributed by atoms with Gasteiger partial charge < -0.3 is 14.1 Å². The third-order valence-corrected chi connectivity index (χ3v) is 5.00. The summed E-state index contributed by atoms with van der Waals surface area (Å²) in [5.74, 6) is 0.311. The fraction of sp³-hybridized carbons (Fsp3) is 0.133. The molecule has 1 N–H and O–H groups in total. The molecule has 0 heterocycles. The van der Waals surface area contributed by atoms with Crippen LogP contribution in [0, 0.1) is 10.5 Å². The first-order valence-electron chi connectivity index (χ1n) is 6.43. The minimum atomic E-state index is -3.98. The van der Waals surface area contributed by atoms with Crippen molar-refractivity contribution in [3.05, 3.63) is 51.1 Å². The Morgan fingerprint density at radius 3 is 2.43 bits per heavy atom. The average molecular weight is 447 g/mol. The second-order valence-corrected chi connectivity index (χ2v) is 7.34. The van der Waals surface area contributed by atoms with Gasteiger partial charge in [-0.15, -0.1) is 0 Å². The summed E-state index contributed by atoms with van der Waals surface area (Å²) in [6, 6.07) is 9.48. The quantitative estimate of drug-likeness (QED) is 0.250. The highest BCUT2D eigenvalue weighted by Crippen LogP contribution is 2.35. The van der Waals surface area contributed by atoms with Crippen LogP contribution < -0.4 is 8.92 Å². The Morgan fingerprint density at radius 2 is 1.87 bits per heavy atom. The molecule has 2 rings (SSSR count). The fourth-order valence-electron chi connectivity index (χ4n) is 1.82. The number of hydrogen-bond donors (Lipinski definition) is 1. The average Bonchev–Trinajstić information content (AvgIpc) is 2.50. The molecule has 0 amide bonds. The van der Waals surface area contributed by atoms with Crippen LogP contribution in [-0.2, 0) is 10.1 Å². The standard InChI is InChI=1S/C15H14INO5S/c1-10-3-5-12(6-4-10)23(19,20)22-15-13(16)7-11(9-17-18)8-14(15)21-2/h3-9,18H,1-2H3/b17-9+. The Kier molecular flexibility index (Phi) is 5.47. The molecule has 23 heavy (non-hydrogen) atoms. The normalized spacial score (nSPS) is 11.6. The van der Waals surface area contributed by atoms with Crippen LogP contribution in [-0.4, -0.2) is 26.9 Å². The third-order valence-electron chi connectivity index (χ3n) is 2.96. The third kappa shape index (κ3) is 4.14. The lowest BCUT2D eigenvalue weighted by atomic mass is 10.2. The molecule has 0 aromatic heterocycles. The molecule has 0 aliphatic carbocycles. The minimum Gasteiger partial charge on any atom is -0.493 e. The van der Waals surface area contributed by atoms with E-state index in [2.05, 4.69) is 5.16 Å². The van der Waals surface area contributed by atoms with E-state index in [9.17, 15) is 8.42 Å². The van der Waals surface area contributed by atoms with Gasteiger partial charge in [0.2, 0.25) is 0 Å². The number of oxime groups is 1. The number of methoxy groups -OCH3 is 1. The SMILES string of the molecule is COc1cc(/C=N/O)cc(I)c1OS(=O)(=O)c1ccc(C)cc1. The maximum atomic E-state index is 12.4. The topological polar surface area (TPSA) is 85.2 Å². The highest BCUT2D eigenvalue weighted by Gasteiger charge is 2.21. The van der Waals surface area contributed by atoms with Gasteiger partial charge in [-0.1, -0.05) is 22.9 Å². The van der Waals surface area contributed by atoms with Gasteiger partial charge in [-0.3, -0.25) is 0 Å². The van der Waals surface area contributed by atoms with Crippen molar-refractivity contribution < 1.29 is 22.5 Å². The number of aryl methyl sites for hydroxylation is 1. The highest BCUT2D eigenvalue weighted by atomic mass is 127. The van der Waals surface area contributed by atoms with Crippen LogP contribution in [0.2, 0.25) is 0 Å². The van der Waals surface area contributed by atoms with Gasteiger partial charge in [0.25, 0.3) is 0 Å². The van der Waals surface area contributed by atoms with Crippen LogP contribution in [0.15, 0.2) is 46.4 Å². The van der Waals surface area contributed by atoms with E-state index in [0.717, 1.165) is 5.56 Å². The molecule has 0 atom stereocenters. The Hall–Kier alpha value is -1.81.